The molecule has 76 valence electrons. The number of H-pyrrole nitrogens is 1. The largest absolute Gasteiger partial charge is 0.452 e. The van der Waals surface area contributed by atoms with Crippen LogP contribution >= 0.6 is 0 Å². The summed E-state index contributed by atoms with van der Waals surface area (Å²) in [6.07, 6.45) is 7.93. The smallest absolute Gasteiger partial charge is 0.180 e. The molecule has 6 nitrogen and oxygen atoms in total. The van der Waals surface area contributed by atoms with Crippen LogP contribution in [0.2, 0.25) is 0 Å². The van der Waals surface area contributed by atoms with Gasteiger partial charge in [0.25, 0.3) is 0 Å². The number of rotatable bonds is 0. The van der Waals surface area contributed by atoms with Crippen LogP contribution in [-0.4, -0.2) is 28.8 Å². The summed E-state index contributed by atoms with van der Waals surface area (Å²) < 4.78 is 4.47. The van der Waals surface area contributed by atoms with Crippen LogP contribution < -0.4 is 0 Å². The highest BCUT2D eigenvalue weighted by atomic mass is 16.3. The maximum absolute atomic E-state index is 8.00. The van der Waals surface area contributed by atoms with Gasteiger partial charge in [-0.2, -0.15) is 5.10 Å². The lowest BCUT2D eigenvalue weighted by Gasteiger charge is -1.49. The third-order valence-corrected chi connectivity index (χ3v) is 0.753. The third-order valence-electron chi connectivity index (χ3n) is 0.753. The van der Waals surface area contributed by atoms with Crippen LogP contribution in [-0.2, 0) is 9.59 Å². The highest BCUT2D eigenvalue weighted by molar-refractivity contribution is 5.11. The number of nitrogens with one attached hydrogen (secondary N) is 1. The minimum atomic E-state index is 1.38. The zero-order chi connectivity index (χ0) is 11.1. The van der Waals surface area contributed by atoms with Gasteiger partial charge in [-0.15, -0.1) is 0 Å². The molecule has 14 heavy (non-hydrogen) atoms. The van der Waals surface area contributed by atoms with Gasteiger partial charge in [0, 0.05) is 12.4 Å². The van der Waals surface area contributed by atoms with Gasteiger partial charge >= 0.3 is 0 Å². The summed E-state index contributed by atoms with van der Waals surface area (Å²) in [7, 11) is 0. The number of aromatic amines is 1. The molecule has 0 radical (unpaired) electrons. The first kappa shape index (κ1) is 14.3. The predicted octanol–water partition coefficient (Wildman–Crippen LogP) is 0.714. The van der Waals surface area contributed by atoms with Gasteiger partial charge in [0.1, 0.15) is 19.8 Å². The van der Waals surface area contributed by atoms with Crippen LogP contribution in [0.25, 0.3) is 0 Å². The Morgan fingerprint density at radius 1 is 1.14 bits per heavy atom. The van der Waals surface area contributed by atoms with Gasteiger partial charge in [0.2, 0.25) is 0 Å². The lowest BCUT2D eigenvalue weighted by atomic mass is 10.8. The van der Waals surface area contributed by atoms with E-state index >= 15 is 0 Å². The number of hydrogen-bond acceptors (Lipinski definition) is 5. The molecule has 2 aromatic rings. The maximum Gasteiger partial charge on any atom is 0.180 e. The van der Waals surface area contributed by atoms with Crippen LogP contribution in [0.1, 0.15) is 0 Å². The fourth-order valence-electron chi connectivity index (χ4n) is 0.391. The van der Waals surface area contributed by atoms with Gasteiger partial charge in [0.15, 0.2) is 6.39 Å². The van der Waals surface area contributed by atoms with E-state index in [0.29, 0.717) is 0 Å². The second-order valence-corrected chi connectivity index (χ2v) is 1.44. The Morgan fingerprint density at radius 3 is 2.00 bits per heavy atom. The lowest BCUT2D eigenvalue weighted by molar-refractivity contribution is -0.0987. The summed E-state index contributed by atoms with van der Waals surface area (Å²) in [5.74, 6) is 0. The molecule has 0 aliphatic carbocycles. The van der Waals surface area contributed by atoms with Crippen molar-refractivity contribution in [2.24, 2.45) is 0 Å². The van der Waals surface area contributed by atoms with E-state index in [4.69, 9.17) is 9.59 Å². The van der Waals surface area contributed by atoms with Crippen molar-refractivity contribution in [3.8, 4) is 0 Å². The number of oxazole rings is 1. The number of carbonyl (C=O) groups is 2. The fourth-order valence-corrected chi connectivity index (χ4v) is 0.391. The minimum Gasteiger partial charge on any atom is -0.452 e. The van der Waals surface area contributed by atoms with E-state index in [1.165, 1.54) is 12.7 Å². The van der Waals surface area contributed by atoms with Crippen molar-refractivity contribution >= 4 is 13.6 Å². The summed E-state index contributed by atoms with van der Waals surface area (Å²) >= 11 is 0. The van der Waals surface area contributed by atoms with Crippen LogP contribution in [0, 0.1) is 0 Å². The molecule has 0 unspecified atom stereocenters. The standard InChI is InChI=1S/C3H4N2.C3H3NO.2CH2O/c1-2-4-5-3-1;1-2-5-3-4-1;2*1-2/h1-3H,(H,4,5);1-3H;2*1H2. The van der Waals surface area contributed by atoms with Crippen molar-refractivity contribution in [1.82, 2.24) is 15.2 Å². The summed E-state index contributed by atoms with van der Waals surface area (Å²) in [5, 5.41) is 6.21. The van der Waals surface area contributed by atoms with Gasteiger partial charge in [-0.3, -0.25) is 5.10 Å². The van der Waals surface area contributed by atoms with Crippen molar-refractivity contribution in [3.05, 3.63) is 37.3 Å². The molecule has 0 aliphatic rings. The Kier molecular flexibility index (Phi) is 17.4. The first-order valence-corrected chi connectivity index (χ1v) is 3.34. The predicted molar refractivity (Wildman–Crippen MR) is 49.3 cm³/mol. The molecule has 0 atom stereocenters. The van der Waals surface area contributed by atoms with Gasteiger partial charge < -0.3 is 14.0 Å². The van der Waals surface area contributed by atoms with Crippen molar-refractivity contribution in [2.75, 3.05) is 0 Å². The van der Waals surface area contributed by atoms with Crippen LogP contribution in [0.15, 0.2) is 41.7 Å². The highest BCUT2D eigenvalue weighted by Gasteiger charge is 1.59. The summed E-state index contributed by atoms with van der Waals surface area (Å²) in [5.41, 5.74) is 0. The molecule has 0 saturated heterocycles. The molecule has 0 spiro atoms. The van der Waals surface area contributed by atoms with Crippen molar-refractivity contribution in [3.63, 3.8) is 0 Å². The first-order valence-electron chi connectivity index (χ1n) is 3.34. The molecule has 1 N–H and O–H groups in total. The zero-order valence-electron chi connectivity index (χ0n) is 7.50. The van der Waals surface area contributed by atoms with Crippen molar-refractivity contribution in [2.45, 2.75) is 0 Å². The lowest BCUT2D eigenvalue weighted by Crippen LogP contribution is -1.53. The van der Waals surface area contributed by atoms with Crippen LogP contribution in [0.4, 0.5) is 0 Å². The zero-order valence-corrected chi connectivity index (χ0v) is 7.50. The molecule has 0 amide bonds. The fraction of sp³-hybridized carbons (Fsp3) is 0. The van der Waals surface area contributed by atoms with E-state index in [1.54, 1.807) is 18.6 Å². The van der Waals surface area contributed by atoms with Crippen LogP contribution in [0.5, 0.6) is 0 Å². The van der Waals surface area contributed by atoms with Crippen molar-refractivity contribution < 1.29 is 14.0 Å². The number of nitrogens with zero attached hydrogens (tertiary/aromatic N) is 2. The van der Waals surface area contributed by atoms with Gasteiger partial charge in [-0.05, 0) is 6.07 Å². The number of carbonyl (C=O) groups excluding carboxylic acids is 2. The van der Waals surface area contributed by atoms with Gasteiger partial charge in [-0.25, -0.2) is 4.98 Å². The second-order valence-electron chi connectivity index (χ2n) is 1.44. The number of hydrogen-bond donors (Lipinski definition) is 1. The molecule has 0 aliphatic heterocycles. The number of aromatic nitrogens is 3. The molecule has 0 saturated carbocycles. The summed E-state index contributed by atoms with van der Waals surface area (Å²) in [4.78, 5) is 19.6. The monoisotopic (exact) mass is 197 g/mol. The van der Waals surface area contributed by atoms with E-state index in [1.807, 2.05) is 19.6 Å². The Balaban J connectivity index is 0. The molecule has 2 rings (SSSR count). The molecule has 2 heterocycles. The SMILES string of the molecule is C=O.C=O.c1cn[nH]c1.c1cocn1. The van der Waals surface area contributed by atoms with E-state index in [2.05, 4.69) is 19.6 Å². The molecule has 0 aromatic carbocycles. The van der Waals surface area contributed by atoms with Crippen LogP contribution in [0.3, 0.4) is 0 Å². The molecule has 2 aromatic heterocycles. The molecule has 0 fully saturated rings. The summed E-state index contributed by atoms with van der Waals surface area (Å²) in [6, 6.07) is 1.83. The Bertz CT molecular complexity index is 182. The average Bonchev–Trinajstić information content (AvgIpc) is 3.01. The molecular formula is C8H11N3O3. The maximum atomic E-state index is 8.00. The van der Waals surface area contributed by atoms with Gasteiger partial charge in [-0.1, -0.05) is 0 Å². The normalized spacial score (nSPS) is 6.29. The first-order chi connectivity index (χ1) is 7.00. The van der Waals surface area contributed by atoms with E-state index < -0.39 is 0 Å². The third kappa shape index (κ3) is 12.4. The highest BCUT2D eigenvalue weighted by Crippen LogP contribution is 1.72. The van der Waals surface area contributed by atoms with Gasteiger partial charge in [0.05, 0.1) is 6.20 Å². The Morgan fingerprint density at radius 2 is 1.86 bits per heavy atom. The minimum absolute atomic E-state index is 1.38. The van der Waals surface area contributed by atoms with Crippen molar-refractivity contribution in [1.29, 1.82) is 0 Å². The van der Waals surface area contributed by atoms with E-state index in [9.17, 15) is 0 Å². The second kappa shape index (κ2) is 17.0. The topological polar surface area (TPSA) is 88.9 Å². The van der Waals surface area contributed by atoms with E-state index in [0.717, 1.165) is 0 Å². The molecule has 0 bridgehead atoms. The molecule has 6 heteroatoms. The summed E-state index contributed by atoms with van der Waals surface area (Å²) in [6.45, 7) is 4.00. The average molecular weight is 197 g/mol. The van der Waals surface area contributed by atoms with E-state index in [-0.39, 0.29) is 0 Å². The Labute approximate surface area is 81.0 Å². The molecular weight excluding hydrogens is 186 g/mol. The quantitative estimate of drug-likeness (QED) is 0.671. The Hall–Kier alpha value is -2.24.